The van der Waals surface area contributed by atoms with Crippen LogP contribution < -0.4 is 0 Å². The van der Waals surface area contributed by atoms with E-state index in [1.54, 1.807) is 12.4 Å². The summed E-state index contributed by atoms with van der Waals surface area (Å²) < 4.78 is 14.5. The summed E-state index contributed by atoms with van der Waals surface area (Å²) in [6.45, 7) is 1.66. The number of thiazole rings is 1. The van der Waals surface area contributed by atoms with E-state index in [4.69, 9.17) is 0 Å². The number of ketones is 2. The van der Waals surface area contributed by atoms with Crippen LogP contribution in [0.2, 0.25) is 0 Å². The van der Waals surface area contributed by atoms with Crippen molar-refractivity contribution in [1.29, 1.82) is 0 Å². The van der Waals surface area contributed by atoms with E-state index in [2.05, 4.69) is 4.98 Å². The zero-order chi connectivity index (χ0) is 16.8. The lowest BCUT2D eigenvalue weighted by molar-refractivity contribution is 0.0972. The van der Waals surface area contributed by atoms with Crippen molar-refractivity contribution in [2.45, 2.75) is 13.3 Å². The number of aromatic nitrogens is 1. The van der Waals surface area contributed by atoms with Crippen LogP contribution in [0.5, 0.6) is 0 Å². The first-order chi connectivity index (χ1) is 11.5. The van der Waals surface area contributed by atoms with Gasteiger partial charge < -0.3 is 0 Å². The van der Waals surface area contributed by atoms with E-state index >= 15 is 0 Å². The lowest BCUT2D eigenvalue weighted by Gasteiger charge is -2.19. The number of carbonyl (C=O) groups is 2. The number of carbonyl (C=O) groups excluding carboxylic acids is 2. The molecule has 4 rings (SSSR count). The Kier molecular flexibility index (Phi) is 3.39. The molecule has 2 aromatic carbocycles. The first-order valence-electron chi connectivity index (χ1n) is 7.45. The van der Waals surface area contributed by atoms with Gasteiger partial charge in [-0.1, -0.05) is 6.07 Å². The van der Waals surface area contributed by atoms with E-state index in [1.165, 1.54) is 23.5 Å². The number of allylic oxidation sites excluding steroid dienone is 2. The zero-order valence-electron chi connectivity index (χ0n) is 12.8. The zero-order valence-corrected chi connectivity index (χ0v) is 13.6. The minimum Gasteiger partial charge on any atom is -0.289 e. The Balaban J connectivity index is 1.77. The number of nitrogens with zero attached hydrogens (tertiary/aromatic N) is 1. The van der Waals surface area contributed by atoms with Crippen molar-refractivity contribution >= 4 is 33.1 Å². The summed E-state index contributed by atoms with van der Waals surface area (Å²) in [6, 6.07) is 9.52. The Morgan fingerprint density at radius 2 is 1.88 bits per heavy atom. The molecule has 0 aliphatic heterocycles. The molecule has 5 heteroatoms. The van der Waals surface area contributed by atoms with Crippen LogP contribution in [0.25, 0.3) is 10.2 Å². The lowest BCUT2D eigenvalue weighted by atomic mass is 9.82. The van der Waals surface area contributed by atoms with Gasteiger partial charge in [-0.2, -0.15) is 0 Å². The third-order valence-electron chi connectivity index (χ3n) is 4.31. The molecule has 0 saturated heterocycles. The van der Waals surface area contributed by atoms with E-state index in [-0.39, 0.29) is 22.7 Å². The number of halogens is 1. The fourth-order valence-electron chi connectivity index (χ4n) is 3.00. The maximum Gasteiger partial charge on any atom is 0.190 e. The maximum absolute atomic E-state index is 13.5. The van der Waals surface area contributed by atoms with Gasteiger partial charge in [0, 0.05) is 28.7 Å². The van der Waals surface area contributed by atoms with E-state index in [0.29, 0.717) is 17.6 Å². The average Bonchev–Trinajstić information content (AvgIpc) is 3.04. The topological polar surface area (TPSA) is 47.0 Å². The largest absolute Gasteiger partial charge is 0.289 e. The summed E-state index contributed by atoms with van der Waals surface area (Å²) in [5.74, 6) is -0.996. The SMILES string of the molecule is CC1=C(Cc2ccc3ncsc3c2)C(=O)c2cc(F)ccc2C1=O. The molecule has 1 heterocycles. The molecule has 0 atom stereocenters. The minimum atomic E-state index is -0.514. The number of Topliss-reactive ketones (excluding diaryl/α,β-unsaturated/α-hetero) is 2. The summed E-state index contributed by atoms with van der Waals surface area (Å²) in [5, 5.41) is 0. The molecule has 0 N–H and O–H groups in total. The second-order valence-corrected chi connectivity index (χ2v) is 6.67. The molecular formula is C19H12FNO2S. The summed E-state index contributed by atoms with van der Waals surface area (Å²) >= 11 is 1.53. The van der Waals surface area contributed by atoms with Gasteiger partial charge in [-0.05, 0) is 42.8 Å². The molecule has 0 unspecified atom stereocenters. The molecule has 0 amide bonds. The molecule has 118 valence electrons. The number of rotatable bonds is 2. The summed E-state index contributed by atoms with van der Waals surface area (Å²) in [4.78, 5) is 29.5. The first-order valence-corrected chi connectivity index (χ1v) is 8.33. The van der Waals surface area contributed by atoms with Gasteiger partial charge in [0.1, 0.15) is 5.82 Å². The summed E-state index contributed by atoms with van der Waals surface area (Å²) in [7, 11) is 0. The normalized spacial score (nSPS) is 14.4. The molecule has 0 bridgehead atoms. The number of fused-ring (bicyclic) bond motifs is 2. The number of hydrogen-bond acceptors (Lipinski definition) is 4. The molecule has 1 aromatic heterocycles. The Hall–Kier alpha value is -2.66. The standard InChI is InChI=1S/C19H12FNO2S/c1-10-14(6-11-2-5-16-17(7-11)24-9-21-16)19(23)15-8-12(20)3-4-13(15)18(10)22/h2-5,7-9H,6H2,1H3. The van der Waals surface area contributed by atoms with Crippen LogP contribution in [0, 0.1) is 5.82 Å². The van der Waals surface area contributed by atoms with Gasteiger partial charge in [0.25, 0.3) is 0 Å². The van der Waals surface area contributed by atoms with Crippen LogP contribution in [0.3, 0.4) is 0 Å². The Morgan fingerprint density at radius 3 is 2.71 bits per heavy atom. The molecule has 1 aliphatic rings. The highest BCUT2D eigenvalue weighted by molar-refractivity contribution is 7.16. The molecule has 1 aliphatic carbocycles. The van der Waals surface area contributed by atoms with Gasteiger partial charge in [0.05, 0.1) is 15.7 Å². The van der Waals surface area contributed by atoms with Crippen LogP contribution in [0.1, 0.15) is 33.2 Å². The fraction of sp³-hybridized carbons (Fsp3) is 0.105. The first kappa shape index (κ1) is 14.9. The maximum atomic E-state index is 13.5. The van der Waals surface area contributed by atoms with Crippen LogP contribution in [-0.2, 0) is 6.42 Å². The quantitative estimate of drug-likeness (QED) is 0.697. The van der Waals surface area contributed by atoms with Crippen molar-refractivity contribution in [3.63, 3.8) is 0 Å². The van der Waals surface area contributed by atoms with Crippen molar-refractivity contribution in [3.8, 4) is 0 Å². The molecule has 0 spiro atoms. The van der Waals surface area contributed by atoms with Gasteiger partial charge in [0.2, 0.25) is 0 Å². The van der Waals surface area contributed by atoms with Gasteiger partial charge in [-0.15, -0.1) is 11.3 Å². The van der Waals surface area contributed by atoms with Crippen molar-refractivity contribution in [2.24, 2.45) is 0 Å². The molecule has 24 heavy (non-hydrogen) atoms. The molecule has 0 radical (unpaired) electrons. The van der Waals surface area contributed by atoms with Crippen LogP contribution in [-0.4, -0.2) is 16.6 Å². The molecular weight excluding hydrogens is 325 g/mol. The molecule has 3 aromatic rings. The monoisotopic (exact) mass is 337 g/mol. The Morgan fingerprint density at radius 1 is 1.04 bits per heavy atom. The Bertz CT molecular complexity index is 1050. The van der Waals surface area contributed by atoms with Crippen LogP contribution in [0.15, 0.2) is 53.1 Å². The molecule has 0 saturated carbocycles. The average molecular weight is 337 g/mol. The predicted molar refractivity (Wildman–Crippen MR) is 91.1 cm³/mol. The van der Waals surface area contributed by atoms with Crippen LogP contribution >= 0.6 is 11.3 Å². The highest BCUT2D eigenvalue weighted by Gasteiger charge is 2.30. The lowest BCUT2D eigenvalue weighted by Crippen LogP contribution is -2.22. The van der Waals surface area contributed by atoms with E-state index in [9.17, 15) is 14.0 Å². The third-order valence-corrected chi connectivity index (χ3v) is 5.11. The smallest absolute Gasteiger partial charge is 0.190 e. The van der Waals surface area contributed by atoms with Crippen molar-refractivity contribution in [1.82, 2.24) is 4.98 Å². The summed E-state index contributed by atoms with van der Waals surface area (Å²) in [5.41, 5.74) is 4.91. The predicted octanol–water partition coefficient (Wildman–Crippen LogP) is 4.37. The van der Waals surface area contributed by atoms with Crippen molar-refractivity contribution in [2.75, 3.05) is 0 Å². The van der Waals surface area contributed by atoms with Gasteiger partial charge >= 0.3 is 0 Å². The third kappa shape index (κ3) is 2.29. The van der Waals surface area contributed by atoms with Gasteiger partial charge in [0.15, 0.2) is 11.6 Å². The van der Waals surface area contributed by atoms with Crippen molar-refractivity contribution in [3.05, 3.63) is 75.6 Å². The van der Waals surface area contributed by atoms with E-state index < -0.39 is 5.82 Å². The van der Waals surface area contributed by atoms with Gasteiger partial charge in [-0.25, -0.2) is 9.37 Å². The molecule has 0 fully saturated rings. The van der Waals surface area contributed by atoms with E-state index in [1.807, 2.05) is 18.2 Å². The fourth-order valence-corrected chi connectivity index (χ4v) is 3.74. The minimum absolute atomic E-state index is 0.152. The second kappa shape index (κ2) is 5.46. The highest BCUT2D eigenvalue weighted by Crippen LogP contribution is 2.30. The summed E-state index contributed by atoms with van der Waals surface area (Å²) in [6.07, 6.45) is 0.347. The van der Waals surface area contributed by atoms with Crippen LogP contribution in [0.4, 0.5) is 4.39 Å². The Labute approximate surface area is 141 Å². The number of hydrogen-bond donors (Lipinski definition) is 0. The number of benzene rings is 2. The second-order valence-electron chi connectivity index (χ2n) is 5.78. The molecule has 3 nitrogen and oxygen atoms in total. The van der Waals surface area contributed by atoms with Crippen molar-refractivity contribution < 1.29 is 14.0 Å². The highest BCUT2D eigenvalue weighted by atomic mass is 32.1. The van der Waals surface area contributed by atoms with E-state index in [0.717, 1.165) is 21.8 Å². The van der Waals surface area contributed by atoms with Gasteiger partial charge in [-0.3, -0.25) is 9.59 Å².